The van der Waals surface area contributed by atoms with Gasteiger partial charge < -0.3 is 11.1 Å². The van der Waals surface area contributed by atoms with Gasteiger partial charge in [-0.1, -0.05) is 33.8 Å². The van der Waals surface area contributed by atoms with Gasteiger partial charge in [0.1, 0.15) is 5.75 Å². The van der Waals surface area contributed by atoms with Crippen molar-refractivity contribution in [2.24, 2.45) is 10.7 Å². The van der Waals surface area contributed by atoms with Crippen LogP contribution in [-0.2, 0) is 14.5 Å². The number of aliphatic imine (C=N–C) groups is 1. The average molecular weight is 461 g/mol. The second-order valence-corrected chi connectivity index (χ2v) is 9.54. The number of carbonyl (C=O) groups is 1. The van der Waals surface area contributed by atoms with Gasteiger partial charge in [0.2, 0.25) is 5.91 Å². The van der Waals surface area contributed by atoms with Gasteiger partial charge in [-0.25, -0.2) is 13.8 Å². The summed E-state index contributed by atoms with van der Waals surface area (Å²) in [6, 6.07) is 7.31. The largest absolute Gasteiger partial charge is 0.382 e. The van der Waals surface area contributed by atoms with Crippen LogP contribution in [0.4, 0.5) is 5.69 Å². The topological polar surface area (TPSA) is 147 Å². The molecule has 1 unspecified atom stereocenters. The Morgan fingerprint density at radius 2 is 2.27 bits per heavy atom. The number of carbonyl (C=O) groups excluding carboxylic acids is 1. The highest BCUT2D eigenvalue weighted by Gasteiger charge is 2.15. The minimum atomic E-state index is -2.85. The third-order valence-corrected chi connectivity index (χ3v) is 5.08. The standard InChI is InChI=1S/C14H17BrN6O3S2/c1-26(17,23)8-11(22)18-5-6-25-14-12(20-24-21-14)13(16)19-10-4-2-3-9(15)7-10/h2-4,7,17H,5-6,8H2,1H3,(H2,16,19)(H,18,22). The number of aromatic nitrogens is 2. The van der Waals surface area contributed by atoms with E-state index in [-0.39, 0.29) is 11.6 Å². The van der Waals surface area contributed by atoms with Gasteiger partial charge >= 0.3 is 0 Å². The fourth-order valence-corrected chi connectivity index (χ4v) is 3.56. The van der Waals surface area contributed by atoms with Crippen molar-refractivity contribution in [2.75, 3.05) is 24.3 Å². The summed E-state index contributed by atoms with van der Waals surface area (Å²) in [6.07, 6.45) is 1.22. The highest BCUT2D eigenvalue weighted by atomic mass is 79.9. The van der Waals surface area contributed by atoms with E-state index in [4.69, 9.17) is 15.1 Å². The van der Waals surface area contributed by atoms with E-state index in [9.17, 15) is 9.00 Å². The minimum Gasteiger partial charge on any atom is -0.382 e. The maximum atomic E-state index is 11.5. The molecule has 26 heavy (non-hydrogen) atoms. The highest BCUT2D eigenvalue weighted by molar-refractivity contribution is 9.10. The maximum Gasteiger partial charge on any atom is 0.233 e. The molecule has 2 rings (SSSR count). The van der Waals surface area contributed by atoms with Gasteiger partial charge in [-0.2, -0.15) is 0 Å². The second kappa shape index (κ2) is 9.14. The Morgan fingerprint density at radius 1 is 1.50 bits per heavy atom. The van der Waals surface area contributed by atoms with Crippen molar-refractivity contribution < 1.29 is 13.6 Å². The number of hydrogen-bond donors (Lipinski definition) is 3. The van der Waals surface area contributed by atoms with Crippen LogP contribution in [0.2, 0.25) is 0 Å². The van der Waals surface area contributed by atoms with Gasteiger partial charge in [0.05, 0.1) is 15.4 Å². The Hall–Kier alpha value is -1.92. The van der Waals surface area contributed by atoms with Crippen molar-refractivity contribution >= 4 is 54.9 Å². The van der Waals surface area contributed by atoms with Crippen LogP contribution < -0.4 is 11.1 Å². The number of nitrogens with one attached hydrogen (secondary N) is 2. The monoisotopic (exact) mass is 460 g/mol. The number of amides is 1. The summed E-state index contributed by atoms with van der Waals surface area (Å²) in [6.45, 7) is 0.313. The number of halogens is 1. The molecule has 0 radical (unpaired) electrons. The molecule has 0 aliphatic carbocycles. The molecule has 0 spiro atoms. The smallest absolute Gasteiger partial charge is 0.233 e. The normalized spacial score (nSPS) is 14.0. The van der Waals surface area contributed by atoms with Crippen LogP contribution in [0.5, 0.6) is 0 Å². The first kappa shape index (κ1) is 20.4. The fourth-order valence-electron chi connectivity index (χ4n) is 1.81. The quantitative estimate of drug-likeness (QED) is 0.235. The number of benzene rings is 1. The fraction of sp³-hybridized carbons (Fsp3) is 0.286. The Morgan fingerprint density at radius 3 is 2.96 bits per heavy atom. The predicted molar refractivity (Wildman–Crippen MR) is 104 cm³/mol. The summed E-state index contributed by atoms with van der Waals surface area (Å²) in [5.41, 5.74) is 6.96. The summed E-state index contributed by atoms with van der Waals surface area (Å²) in [5, 5.41) is 10.6. The van der Waals surface area contributed by atoms with E-state index in [1.54, 1.807) is 12.1 Å². The van der Waals surface area contributed by atoms with E-state index in [2.05, 4.69) is 36.6 Å². The number of amidine groups is 1. The number of rotatable bonds is 8. The minimum absolute atomic E-state index is 0.163. The third kappa shape index (κ3) is 6.77. The molecule has 0 saturated carbocycles. The molecule has 0 aliphatic rings. The molecule has 140 valence electrons. The van der Waals surface area contributed by atoms with Crippen LogP contribution in [0.25, 0.3) is 0 Å². The highest BCUT2D eigenvalue weighted by Crippen LogP contribution is 2.22. The van der Waals surface area contributed by atoms with E-state index in [0.29, 0.717) is 28.7 Å². The Labute approximate surface area is 163 Å². The molecule has 1 aromatic carbocycles. The maximum absolute atomic E-state index is 11.5. The van der Waals surface area contributed by atoms with Crippen molar-refractivity contribution in [2.45, 2.75) is 5.03 Å². The van der Waals surface area contributed by atoms with Crippen molar-refractivity contribution in [3.05, 3.63) is 34.4 Å². The summed E-state index contributed by atoms with van der Waals surface area (Å²) >= 11 is 4.65. The SMILES string of the molecule is CS(=N)(=O)CC(=O)NCCSc1nonc1C(N)=Nc1cccc(Br)c1. The van der Waals surface area contributed by atoms with Gasteiger partial charge in [0, 0.05) is 23.0 Å². The van der Waals surface area contributed by atoms with E-state index >= 15 is 0 Å². The van der Waals surface area contributed by atoms with Gasteiger partial charge in [0.15, 0.2) is 16.6 Å². The lowest BCUT2D eigenvalue weighted by atomic mass is 10.3. The van der Waals surface area contributed by atoms with Crippen molar-refractivity contribution in [1.82, 2.24) is 15.6 Å². The van der Waals surface area contributed by atoms with Gasteiger partial charge in [-0.15, -0.1) is 0 Å². The van der Waals surface area contributed by atoms with Crippen molar-refractivity contribution in [3.8, 4) is 0 Å². The van der Waals surface area contributed by atoms with Crippen LogP contribution in [0.1, 0.15) is 5.69 Å². The van der Waals surface area contributed by atoms with E-state index in [1.807, 2.05) is 12.1 Å². The Balaban J connectivity index is 1.93. The lowest BCUT2D eigenvalue weighted by Gasteiger charge is -2.04. The second-order valence-electron chi connectivity index (χ2n) is 5.24. The van der Waals surface area contributed by atoms with Crippen LogP contribution >= 0.6 is 27.7 Å². The number of nitrogens with zero attached hydrogens (tertiary/aromatic N) is 3. The Kier molecular flexibility index (Phi) is 7.17. The van der Waals surface area contributed by atoms with E-state index < -0.39 is 15.6 Å². The number of nitrogens with two attached hydrogens (primary N) is 1. The summed E-state index contributed by atoms with van der Waals surface area (Å²) in [4.78, 5) is 15.8. The molecular formula is C14H17BrN6O3S2. The molecule has 0 fully saturated rings. The molecule has 1 heterocycles. The predicted octanol–water partition coefficient (Wildman–Crippen LogP) is 1.75. The third-order valence-electron chi connectivity index (χ3n) is 2.83. The van der Waals surface area contributed by atoms with Crippen molar-refractivity contribution in [3.63, 3.8) is 0 Å². The Bertz CT molecular complexity index is 913. The number of hydrogen-bond acceptors (Lipinski definition) is 8. The van der Waals surface area contributed by atoms with E-state index in [1.165, 1.54) is 18.0 Å². The van der Waals surface area contributed by atoms with Crippen LogP contribution in [0.3, 0.4) is 0 Å². The van der Waals surface area contributed by atoms with Gasteiger partial charge in [-0.05, 0) is 28.5 Å². The molecular weight excluding hydrogens is 444 g/mol. The van der Waals surface area contributed by atoms with Crippen LogP contribution in [0.15, 0.2) is 43.4 Å². The average Bonchev–Trinajstić information content (AvgIpc) is 2.98. The van der Waals surface area contributed by atoms with Crippen molar-refractivity contribution in [1.29, 1.82) is 4.78 Å². The first-order valence-corrected chi connectivity index (χ1v) is 11.2. The molecule has 0 bridgehead atoms. The summed E-state index contributed by atoms with van der Waals surface area (Å²) in [7, 11) is -2.85. The zero-order valence-electron chi connectivity index (χ0n) is 13.8. The molecule has 2 aromatic rings. The van der Waals surface area contributed by atoms with Crippen LogP contribution in [-0.4, -0.2) is 50.6 Å². The molecule has 0 aliphatic heterocycles. The first-order chi connectivity index (χ1) is 12.2. The molecule has 1 atom stereocenters. The summed E-state index contributed by atoms with van der Waals surface area (Å²) < 4.78 is 24.1. The molecule has 9 nitrogen and oxygen atoms in total. The number of thioether (sulfide) groups is 1. The molecule has 1 aromatic heterocycles. The van der Waals surface area contributed by atoms with Gasteiger partial charge in [0.25, 0.3) is 0 Å². The van der Waals surface area contributed by atoms with Gasteiger partial charge in [-0.3, -0.25) is 9.57 Å². The molecule has 12 heteroatoms. The molecule has 1 amide bonds. The molecule has 4 N–H and O–H groups in total. The molecule has 0 saturated heterocycles. The zero-order valence-corrected chi connectivity index (χ0v) is 17.0. The summed E-state index contributed by atoms with van der Waals surface area (Å²) in [5.74, 6) is -0.112. The zero-order chi connectivity index (χ0) is 19.2. The first-order valence-electron chi connectivity index (χ1n) is 7.28. The van der Waals surface area contributed by atoms with E-state index in [0.717, 1.165) is 4.47 Å². The lowest BCUT2D eigenvalue weighted by molar-refractivity contribution is -0.118. The lowest BCUT2D eigenvalue weighted by Crippen LogP contribution is -2.31. The van der Waals surface area contributed by atoms with Crippen LogP contribution in [0, 0.1) is 4.78 Å².